The lowest BCUT2D eigenvalue weighted by Gasteiger charge is -2.42. The smallest absolute Gasteiger partial charge is 0.338 e. The highest BCUT2D eigenvalue weighted by Crippen LogP contribution is 2.41. The van der Waals surface area contributed by atoms with Crippen LogP contribution >= 0.6 is 0 Å². The third-order valence-corrected chi connectivity index (χ3v) is 2.67. The van der Waals surface area contributed by atoms with Gasteiger partial charge in [-0.05, 0) is 32.1 Å². The molecule has 2 atom stereocenters. The largest absolute Gasteiger partial charge is 0.464 e. The monoisotopic (exact) mass is 172 g/mol. The van der Waals surface area contributed by atoms with Crippen molar-refractivity contribution in [1.82, 2.24) is 0 Å². The van der Waals surface area contributed by atoms with Crippen LogP contribution < -0.4 is 0 Å². The zero-order chi connectivity index (χ0) is 9.19. The van der Waals surface area contributed by atoms with Crippen molar-refractivity contribution < 1.29 is 14.6 Å². The van der Waals surface area contributed by atoms with Crippen LogP contribution in [0.5, 0.6) is 0 Å². The van der Waals surface area contributed by atoms with Gasteiger partial charge in [0.2, 0.25) is 0 Å². The van der Waals surface area contributed by atoms with Crippen molar-refractivity contribution in [1.29, 1.82) is 0 Å². The Hall–Kier alpha value is -0.570. The molecule has 1 rings (SSSR count). The Bertz CT molecular complexity index is 177. The summed E-state index contributed by atoms with van der Waals surface area (Å²) in [7, 11) is 0. The number of rotatable bonds is 3. The van der Waals surface area contributed by atoms with E-state index in [1.54, 1.807) is 6.92 Å². The van der Waals surface area contributed by atoms with E-state index < -0.39 is 11.6 Å². The number of hydrogen-bond donors (Lipinski definition) is 1. The Morgan fingerprint density at radius 3 is 2.67 bits per heavy atom. The van der Waals surface area contributed by atoms with Crippen LogP contribution in [0.3, 0.4) is 0 Å². The lowest BCUT2D eigenvalue weighted by molar-refractivity contribution is -0.186. The van der Waals surface area contributed by atoms with Gasteiger partial charge in [-0.3, -0.25) is 0 Å². The van der Waals surface area contributed by atoms with E-state index in [0.29, 0.717) is 13.0 Å². The molecule has 1 fully saturated rings. The van der Waals surface area contributed by atoms with E-state index in [4.69, 9.17) is 4.74 Å². The molecular formula is C9H16O3. The lowest BCUT2D eigenvalue weighted by atomic mass is 9.68. The molecule has 1 saturated carbocycles. The van der Waals surface area contributed by atoms with Crippen LogP contribution in [0.25, 0.3) is 0 Å². The van der Waals surface area contributed by atoms with Gasteiger partial charge in [0.25, 0.3) is 0 Å². The van der Waals surface area contributed by atoms with Crippen LogP contribution in [0.15, 0.2) is 0 Å². The highest BCUT2D eigenvalue weighted by molar-refractivity contribution is 5.80. The van der Waals surface area contributed by atoms with Crippen LogP contribution in [0.1, 0.15) is 33.1 Å². The summed E-state index contributed by atoms with van der Waals surface area (Å²) in [5.74, 6) is -0.334. The standard InChI is InChI=1S/C9H16O3/c1-3-7-5-6-9(7,11)8(10)12-4-2/h7,11H,3-6H2,1-2H3. The summed E-state index contributed by atoms with van der Waals surface area (Å²) in [5, 5.41) is 9.79. The van der Waals surface area contributed by atoms with Gasteiger partial charge in [0.05, 0.1) is 6.61 Å². The summed E-state index contributed by atoms with van der Waals surface area (Å²) >= 11 is 0. The molecule has 0 aliphatic heterocycles. The Balaban J connectivity index is 2.53. The molecule has 0 amide bonds. The summed E-state index contributed by atoms with van der Waals surface area (Å²) in [6.07, 6.45) is 2.34. The first kappa shape index (κ1) is 9.52. The summed E-state index contributed by atoms with van der Waals surface area (Å²) in [6, 6.07) is 0. The second-order valence-electron chi connectivity index (χ2n) is 3.29. The van der Waals surface area contributed by atoms with Crippen molar-refractivity contribution in [2.75, 3.05) is 6.61 Å². The normalized spacial score (nSPS) is 34.1. The Morgan fingerprint density at radius 1 is 1.67 bits per heavy atom. The summed E-state index contributed by atoms with van der Waals surface area (Å²) < 4.78 is 4.79. The third-order valence-electron chi connectivity index (χ3n) is 2.67. The molecule has 0 aromatic heterocycles. The molecule has 1 aliphatic carbocycles. The maximum atomic E-state index is 11.2. The minimum Gasteiger partial charge on any atom is -0.464 e. The van der Waals surface area contributed by atoms with Crippen LogP contribution in [0.2, 0.25) is 0 Å². The van der Waals surface area contributed by atoms with Crippen LogP contribution in [-0.4, -0.2) is 23.3 Å². The van der Waals surface area contributed by atoms with E-state index in [2.05, 4.69) is 0 Å². The predicted octanol–water partition coefficient (Wildman–Crippen LogP) is 1.10. The molecule has 0 heterocycles. The molecule has 12 heavy (non-hydrogen) atoms. The van der Waals surface area contributed by atoms with Crippen LogP contribution in [0.4, 0.5) is 0 Å². The molecule has 0 radical (unpaired) electrons. The summed E-state index contributed by atoms with van der Waals surface area (Å²) in [4.78, 5) is 11.2. The van der Waals surface area contributed by atoms with Gasteiger partial charge in [-0.15, -0.1) is 0 Å². The molecule has 3 heteroatoms. The van der Waals surface area contributed by atoms with E-state index >= 15 is 0 Å². The third kappa shape index (κ3) is 1.33. The first-order valence-corrected chi connectivity index (χ1v) is 4.54. The zero-order valence-electron chi connectivity index (χ0n) is 7.67. The van der Waals surface area contributed by atoms with Gasteiger partial charge in [-0.2, -0.15) is 0 Å². The van der Waals surface area contributed by atoms with Gasteiger partial charge in [-0.1, -0.05) is 6.92 Å². The van der Waals surface area contributed by atoms with Crippen molar-refractivity contribution in [3.8, 4) is 0 Å². The summed E-state index contributed by atoms with van der Waals surface area (Å²) in [6.45, 7) is 4.08. The first-order chi connectivity index (χ1) is 5.65. The van der Waals surface area contributed by atoms with E-state index in [1.807, 2.05) is 6.92 Å². The molecule has 70 valence electrons. The van der Waals surface area contributed by atoms with Crippen molar-refractivity contribution >= 4 is 5.97 Å². The van der Waals surface area contributed by atoms with Gasteiger partial charge in [0.15, 0.2) is 5.60 Å². The van der Waals surface area contributed by atoms with Crippen molar-refractivity contribution in [3.05, 3.63) is 0 Å². The maximum absolute atomic E-state index is 11.2. The second-order valence-corrected chi connectivity index (χ2v) is 3.29. The number of hydrogen-bond acceptors (Lipinski definition) is 3. The highest BCUT2D eigenvalue weighted by Gasteiger charge is 2.51. The topological polar surface area (TPSA) is 46.5 Å². The van der Waals surface area contributed by atoms with Crippen LogP contribution in [0, 0.1) is 5.92 Å². The van der Waals surface area contributed by atoms with Crippen molar-refractivity contribution in [3.63, 3.8) is 0 Å². The SMILES string of the molecule is CCOC(=O)C1(O)CCC1CC. The van der Waals surface area contributed by atoms with E-state index in [-0.39, 0.29) is 5.92 Å². The molecule has 0 spiro atoms. The molecule has 0 aromatic carbocycles. The fraction of sp³-hybridized carbons (Fsp3) is 0.889. The number of ether oxygens (including phenoxy) is 1. The minimum absolute atomic E-state index is 0.108. The maximum Gasteiger partial charge on any atom is 0.338 e. The van der Waals surface area contributed by atoms with Gasteiger partial charge in [-0.25, -0.2) is 4.79 Å². The fourth-order valence-corrected chi connectivity index (χ4v) is 1.69. The second kappa shape index (κ2) is 3.44. The van der Waals surface area contributed by atoms with E-state index in [1.165, 1.54) is 0 Å². The Labute approximate surface area is 72.7 Å². The average molecular weight is 172 g/mol. The molecule has 2 unspecified atom stereocenters. The van der Waals surface area contributed by atoms with Gasteiger partial charge < -0.3 is 9.84 Å². The number of carbonyl (C=O) groups is 1. The Morgan fingerprint density at radius 2 is 2.33 bits per heavy atom. The van der Waals surface area contributed by atoms with Gasteiger partial charge in [0, 0.05) is 0 Å². The van der Waals surface area contributed by atoms with E-state index in [9.17, 15) is 9.90 Å². The molecule has 1 N–H and O–H groups in total. The lowest BCUT2D eigenvalue weighted by Crippen LogP contribution is -2.54. The zero-order valence-corrected chi connectivity index (χ0v) is 7.67. The number of esters is 1. The van der Waals surface area contributed by atoms with Gasteiger partial charge >= 0.3 is 5.97 Å². The highest BCUT2D eigenvalue weighted by atomic mass is 16.5. The van der Waals surface area contributed by atoms with Crippen LogP contribution in [-0.2, 0) is 9.53 Å². The number of aliphatic hydroxyl groups is 1. The fourth-order valence-electron chi connectivity index (χ4n) is 1.69. The molecule has 3 nitrogen and oxygen atoms in total. The minimum atomic E-state index is -1.16. The first-order valence-electron chi connectivity index (χ1n) is 4.54. The molecule has 0 aromatic rings. The average Bonchev–Trinajstić information content (AvgIpc) is 2.02. The predicted molar refractivity (Wildman–Crippen MR) is 44.6 cm³/mol. The Kier molecular flexibility index (Phi) is 2.73. The molecule has 1 aliphatic rings. The quantitative estimate of drug-likeness (QED) is 0.648. The van der Waals surface area contributed by atoms with Crippen molar-refractivity contribution in [2.45, 2.75) is 38.7 Å². The molecular weight excluding hydrogens is 156 g/mol. The van der Waals surface area contributed by atoms with E-state index in [0.717, 1.165) is 12.8 Å². The molecule has 0 bridgehead atoms. The van der Waals surface area contributed by atoms with Crippen molar-refractivity contribution in [2.24, 2.45) is 5.92 Å². The van der Waals surface area contributed by atoms with Gasteiger partial charge in [0.1, 0.15) is 0 Å². The number of carbonyl (C=O) groups excluding carboxylic acids is 1. The summed E-state index contributed by atoms with van der Waals surface area (Å²) in [5.41, 5.74) is -1.16. The molecule has 0 saturated heterocycles.